The molecule has 0 atom stereocenters. The van der Waals surface area contributed by atoms with Crippen LogP contribution in [-0.2, 0) is 20.8 Å². The Morgan fingerprint density at radius 3 is 2.37 bits per heavy atom. The van der Waals surface area contributed by atoms with Gasteiger partial charge in [0.1, 0.15) is 22.0 Å². The highest BCUT2D eigenvalue weighted by Crippen LogP contribution is 2.33. The summed E-state index contributed by atoms with van der Waals surface area (Å²) in [6, 6.07) is 4.25. The number of carbonyl (C=O) groups is 3. The molecule has 0 amide bonds. The number of carbonyl (C=O) groups excluding carboxylic acids is 3. The van der Waals surface area contributed by atoms with Gasteiger partial charge in [0.15, 0.2) is 6.20 Å². The first-order valence-electron chi connectivity index (χ1n) is 8.01. The molecule has 10 heteroatoms. The predicted octanol–water partition coefficient (Wildman–Crippen LogP) is 1.67. The van der Waals surface area contributed by atoms with E-state index in [1.165, 1.54) is 18.2 Å². The van der Waals surface area contributed by atoms with Crippen molar-refractivity contribution in [1.29, 1.82) is 0 Å². The molecule has 0 radical (unpaired) electrons. The van der Waals surface area contributed by atoms with Gasteiger partial charge in [0, 0.05) is 17.7 Å². The first-order chi connectivity index (χ1) is 12.9. The predicted molar refractivity (Wildman–Crippen MR) is 95.2 cm³/mol. The van der Waals surface area contributed by atoms with Gasteiger partial charge in [0.25, 0.3) is 0 Å². The average Bonchev–Trinajstić information content (AvgIpc) is 2.97. The molecule has 2 rings (SSSR count). The Morgan fingerprint density at radius 2 is 1.74 bits per heavy atom. The van der Waals surface area contributed by atoms with E-state index in [9.17, 15) is 19.6 Å². The van der Waals surface area contributed by atoms with Gasteiger partial charge in [-0.05, 0) is 19.9 Å². The Bertz CT molecular complexity index is 863. The van der Waals surface area contributed by atoms with Gasteiger partial charge in [0.05, 0.1) is 13.2 Å². The van der Waals surface area contributed by atoms with E-state index in [0.29, 0.717) is 4.73 Å². The Balaban J connectivity index is 2.34. The van der Waals surface area contributed by atoms with Crippen LogP contribution in [0.3, 0.4) is 0 Å². The van der Waals surface area contributed by atoms with Crippen LogP contribution in [0.15, 0.2) is 24.4 Å². The molecular weight excluding hydrogens is 376 g/mol. The largest absolute Gasteiger partial charge is 0.618 e. The van der Waals surface area contributed by atoms with Gasteiger partial charge in [-0.25, -0.2) is 14.4 Å². The molecule has 144 valence electrons. The summed E-state index contributed by atoms with van der Waals surface area (Å²) in [5, 5.41) is 11.7. The van der Waals surface area contributed by atoms with E-state index in [0.717, 1.165) is 17.5 Å². The second-order valence-corrected chi connectivity index (χ2v) is 6.13. The van der Waals surface area contributed by atoms with Crippen molar-refractivity contribution in [2.45, 2.75) is 20.5 Å². The van der Waals surface area contributed by atoms with Crippen LogP contribution in [0.4, 0.5) is 5.00 Å². The molecule has 0 saturated carbocycles. The highest BCUT2D eigenvalue weighted by atomic mass is 32.1. The molecule has 0 unspecified atom stereocenters. The first-order valence-corrected chi connectivity index (χ1v) is 8.83. The van der Waals surface area contributed by atoms with E-state index < -0.39 is 24.5 Å². The molecule has 0 bridgehead atoms. The summed E-state index contributed by atoms with van der Waals surface area (Å²) in [5.74, 6) is -2.36. The monoisotopic (exact) mass is 394 g/mol. The smallest absolute Gasteiger partial charge is 0.405 e. The second-order valence-electron chi connectivity index (χ2n) is 5.08. The van der Waals surface area contributed by atoms with Crippen LogP contribution in [-0.4, -0.2) is 31.1 Å². The number of hydrogen-bond acceptors (Lipinski definition) is 9. The number of thiophene rings is 1. The topological polar surface area (TPSA) is 132 Å². The molecule has 2 N–H and O–H groups in total. The first kappa shape index (κ1) is 20.2. The number of pyridine rings is 1. The van der Waals surface area contributed by atoms with Crippen LogP contribution in [0, 0.1) is 5.21 Å². The van der Waals surface area contributed by atoms with Crippen molar-refractivity contribution in [2.24, 2.45) is 0 Å². The Kier molecular flexibility index (Phi) is 6.72. The lowest BCUT2D eigenvalue weighted by molar-refractivity contribution is -0.608. The summed E-state index contributed by atoms with van der Waals surface area (Å²) in [7, 11) is 0. The normalized spacial score (nSPS) is 10.3. The summed E-state index contributed by atoms with van der Waals surface area (Å²) in [6.45, 7) is 3.01. The zero-order valence-electron chi connectivity index (χ0n) is 14.7. The van der Waals surface area contributed by atoms with Crippen LogP contribution in [0.25, 0.3) is 0 Å². The number of nitrogens with zero attached hydrogens (tertiary/aromatic N) is 1. The van der Waals surface area contributed by atoms with Crippen LogP contribution >= 0.6 is 11.3 Å². The van der Waals surface area contributed by atoms with Crippen molar-refractivity contribution in [3.8, 4) is 0 Å². The number of anilines is 1. The summed E-state index contributed by atoms with van der Waals surface area (Å²) < 4.78 is 15.4. The van der Waals surface area contributed by atoms with Gasteiger partial charge < -0.3 is 25.2 Å². The minimum absolute atomic E-state index is 0.0354. The maximum Gasteiger partial charge on any atom is 0.405 e. The molecule has 2 heterocycles. The molecule has 2 aromatic rings. The van der Waals surface area contributed by atoms with Crippen LogP contribution in [0.2, 0.25) is 0 Å². The van der Waals surface area contributed by atoms with Gasteiger partial charge in [-0.1, -0.05) is 0 Å². The van der Waals surface area contributed by atoms with E-state index >= 15 is 0 Å². The van der Waals surface area contributed by atoms with Crippen molar-refractivity contribution in [2.75, 3.05) is 18.9 Å². The minimum Gasteiger partial charge on any atom is -0.618 e. The maximum absolute atomic E-state index is 12.2. The lowest BCUT2D eigenvalue weighted by Crippen LogP contribution is -2.34. The Labute approximate surface area is 158 Å². The van der Waals surface area contributed by atoms with Crippen molar-refractivity contribution in [3.63, 3.8) is 0 Å². The number of esters is 3. The van der Waals surface area contributed by atoms with E-state index in [-0.39, 0.29) is 39.9 Å². The third kappa shape index (κ3) is 4.53. The van der Waals surface area contributed by atoms with E-state index in [4.69, 9.17) is 19.9 Å². The Hall–Kier alpha value is -3.14. The minimum atomic E-state index is -0.917. The molecule has 0 aromatic carbocycles. The van der Waals surface area contributed by atoms with E-state index in [2.05, 4.69) is 0 Å². The molecular formula is C17H18N2O7S. The summed E-state index contributed by atoms with van der Waals surface area (Å²) in [5.41, 5.74) is 5.65. The zero-order chi connectivity index (χ0) is 20.0. The standard InChI is InChI=1S/C17H18N2O7S/c1-3-24-16(21)12-10(13(27-14(12)18)17(22)25-4-2)9-26-15(20)11-7-5-6-8-19(11)23/h5-8H,3-4,9,18H2,1-2H3. The summed E-state index contributed by atoms with van der Waals surface area (Å²) in [6.07, 6.45) is 1.15. The lowest BCUT2D eigenvalue weighted by Gasteiger charge is -2.09. The summed E-state index contributed by atoms with van der Waals surface area (Å²) in [4.78, 5) is 36.6. The fraction of sp³-hybridized carbons (Fsp3) is 0.294. The highest BCUT2D eigenvalue weighted by Gasteiger charge is 2.29. The van der Waals surface area contributed by atoms with Gasteiger partial charge in [-0.2, -0.15) is 4.73 Å². The van der Waals surface area contributed by atoms with Crippen molar-refractivity contribution < 1.29 is 33.3 Å². The SMILES string of the molecule is CCOC(=O)c1sc(N)c(C(=O)OCC)c1COC(=O)c1cccc[n+]1[O-]. The van der Waals surface area contributed by atoms with E-state index in [1.807, 2.05) is 0 Å². The van der Waals surface area contributed by atoms with E-state index in [1.54, 1.807) is 13.8 Å². The number of aromatic nitrogens is 1. The van der Waals surface area contributed by atoms with Gasteiger partial charge in [-0.3, -0.25) is 0 Å². The highest BCUT2D eigenvalue weighted by molar-refractivity contribution is 7.18. The molecule has 0 spiro atoms. The lowest BCUT2D eigenvalue weighted by atomic mass is 10.1. The number of rotatable bonds is 7. The van der Waals surface area contributed by atoms with Gasteiger partial charge in [-0.15, -0.1) is 11.3 Å². The quantitative estimate of drug-likeness (QED) is 0.325. The summed E-state index contributed by atoms with van der Waals surface area (Å²) >= 11 is 0.838. The van der Waals surface area contributed by atoms with Crippen molar-refractivity contribution >= 4 is 34.2 Å². The fourth-order valence-electron chi connectivity index (χ4n) is 2.21. The zero-order valence-corrected chi connectivity index (χ0v) is 15.5. The molecule has 27 heavy (non-hydrogen) atoms. The van der Waals surface area contributed by atoms with Gasteiger partial charge in [0.2, 0.25) is 0 Å². The third-order valence-electron chi connectivity index (χ3n) is 3.36. The number of nitrogen functional groups attached to an aromatic ring is 1. The van der Waals surface area contributed by atoms with Crippen molar-refractivity contribution in [3.05, 3.63) is 51.3 Å². The molecule has 0 aliphatic rings. The van der Waals surface area contributed by atoms with Crippen molar-refractivity contribution in [1.82, 2.24) is 0 Å². The molecule has 0 aliphatic carbocycles. The average molecular weight is 394 g/mol. The number of nitrogens with two attached hydrogens (primary N) is 1. The molecule has 0 fully saturated rings. The Morgan fingerprint density at radius 1 is 1.07 bits per heavy atom. The molecule has 0 aliphatic heterocycles. The van der Waals surface area contributed by atoms with Crippen LogP contribution in [0.5, 0.6) is 0 Å². The maximum atomic E-state index is 12.2. The fourth-order valence-corrected chi connectivity index (χ4v) is 3.16. The number of hydrogen-bond donors (Lipinski definition) is 1. The van der Waals surface area contributed by atoms with Gasteiger partial charge >= 0.3 is 23.6 Å². The number of ether oxygens (including phenoxy) is 3. The van der Waals surface area contributed by atoms with Crippen LogP contribution < -0.4 is 10.5 Å². The third-order valence-corrected chi connectivity index (χ3v) is 4.40. The molecule has 0 saturated heterocycles. The molecule has 9 nitrogen and oxygen atoms in total. The van der Waals surface area contributed by atoms with Crippen LogP contribution in [0.1, 0.15) is 49.9 Å². The molecule has 2 aromatic heterocycles. The second kappa shape index (κ2) is 8.99.